The molecular weight excluding hydrogens is 294 g/mol. The van der Waals surface area contributed by atoms with Gasteiger partial charge in [0.15, 0.2) is 0 Å². The number of hydrogen-bond acceptors (Lipinski definition) is 4. The van der Waals surface area contributed by atoms with Crippen LogP contribution in [-0.2, 0) is 10.0 Å². The third-order valence-corrected chi connectivity index (χ3v) is 4.60. The monoisotopic (exact) mass is 309 g/mol. The maximum Gasteiger partial charge on any atom is 0.243 e. The molecule has 0 aliphatic rings. The van der Waals surface area contributed by atoms with Gasteiger partial charge in [-0.25, -0.2) is 8.42 Å². The summed E-state index contributed by atoms with van der Waals surface area (Å²) in [6, 6.07) is 6.43. The van der Waals surface area contributed by atoms with E-state index in [0.29, 0.717) is 0 Å². The molecule has 0 fully saturated rings. The number of azide groups is 2. The number of rotatable bonds is 8. The SMILES string of the molecule is Cc1ccc(S(=O)(=O)N(CCN=[N+]=[N-])CCN=[N+]=[N-])cc1. The summed E-state index contributed by atoms with van der Waals surface area (Å²) in [5.41, 5.74) is 17.5. The van der Waals surface area contributed by atoms with Gasteiger partial charge in [-0.05, 0) is 30.1 Å². The second-order valence-electron chi connectivity index (χ2n) is 4.13. The zero-order valence-electron chi connectivity index (χ0n) is 11.5. The summed E-state index contributed by atoms with van der Waals surface area (Å²) in [4.78, 5) is 5.33. The third-order valence-electron chi connectivity index (χ3n) is 2.68. The van der Waals surface area contributed by atoms with Gasteiger partial charge in [0.25, 0.3) is 0 Å². The number of nitrogens with zero attached hydrogens (tertiary/aromatic N) is 7. The van der Waals surface area contributed by atoms with Crippen molar-refractivity contribution in [3.8, 4) is 0 Å². The average Bonchev–Trinajstić information content (AvgIpc) is 2.46. The molecule has 0 aliphatic heterocycles. The Kier molecular flexibility index (Phi) is 6.51. The van der Waals surface area contributed by atoms with E-state index >= 15 is 0 Å². The van der Waals surface area contributed by atoms with Gasteiger partial charge in [-0.3, -0.25) is 0 Å². The van der Waals surface area contributed by atoms with Gasteiger partial charge in [-0.15, -0.1) is 0 Å². The fraction of sp³-hybridized carbons (Fsp3) is 0.455. The fourth-order valence-corrected chi connectivity index (χ4v) is 3.04. The smallest absolute Gasteiger partial charge is 0.207 e. The molecule has 0 saturated carbocycles. The molecule has 0 saturated heterocycles. The quantitative estimate of drug-likeness (QED) is 0.414. The van der Waals surface area contributed by atoms with Crippen LogP contribution in [0.15, 0.2) is 39.4 Å². The van der Waals surface area contributed by atoms with Crippen LogP contribution < -0.4 is 0 Å². The summed E-state index contributed by atoms with van der Waals surface area (Å²) in [5, 5.41) is 6.66. The van der Waals surface area contributed by atoms with Crippen molar-refractivity contribution in [1.29, 1.82) is 0 Å². The van der Waals surface area contributed by atoms with E-state index in [1.165, 1.54) is 12.1 Å². The van der Waals surface area contributed by atoms with Crippen LogP contribution in [0.4, 0.5) is 0 Å². The average molecular weight is 309 g/mol. The highest BCUT2D eigenvalue weighted by Gasteiger charge is 2.23. The predicted molar refractivity (Wildman–Crippen MR) is 78.0 cm³/mol. The number of aryl methyl sites for hydroxylation is 1. The molecule has 0 radical (unpaired) electrons. The van der Waals surface area contributed by atoms with Crippen LogP contribution in [-0.4, -0.2) is 38.9 Å². The van der Waals surface area contributed by atoms with Crippen molar-refractivity contribution in [3.63, 3.8) is 0 Å². The van der Waals surface area contributed by atoms with Crippen molar-refractivity contribution >= 4 is 10.0 Å². The molecule has 1 aromatic carbocycles. The van der Waals surface area contributed by atoms with Crippen LogP contribution in [0.1, 0.15) is 5.56 Å². The van der Waals surface area contributed by atoms with Gasteiger partial charge in [0.1, 0.15) is 0 Å². The number of sulfonamides is 1. The van der Waals surface area contributed by atoms with Crippen molar-refractivity contribution in [2.24, 2.45) is 10.2 Å². The Bertz CT molecular complexity index is 636. The van der Waals surface area contributed by atoms with Gasteiger partial charge in [0, 0.05) is 36.0 Å². The molecule has 1 aromatic rings. The first-order chi connectivity index (χ1) is 10.0. The summed E-state index contributed by atoms with van der Waals surface area (Å²) >= 11 is 0. The Morgan fingerprint density at radius 3 is 1.95 bits per heavy atom. The first-order valence-electron chi connectivity index (χ1n) is 6.11. The molecule has 21 heavy (non-hydrogen) atoms. The minimum Gasteiger partial charge on any atom is -0.207 e. The van der Waals surface area contributed by atoms with E-state index in [0.717, 1.165) is 9.87 Å². The van der Waals surface area contributed by atoms with E-state index < -0.39 is 10.0 Å². The molecule has 0 aromatic heterocycles. The Balaban J connectivity index is 2.99. The van der Waals surface area contributed by atoms with Crippen molar-refractivity contribution in [1.82, 2.24) is 4.31 Å². The first-order valence-corrected chi connectivity index (χ1v) is 7.55. The van der Waals surface area contributed by atoms with Crippen LogP contribution in [0.2, 0.25) is 0 Å². The van der Waals surface area contributed by atoms with Crippen molar-refractivity contribution in [2.75, 3.05) is 26.2 Å². The lowest BCUT2D eigenvalue weighted by Gasteiger charge is -2.20. The van der Waals surface area contributed by atoms with Gasteiger partial charge in [-0.1, -0.05) is 27.9 Å². The van der Waals surface area contributed by atoms with Crippen LogP contribution in [0.25, 0.3) is 20.9 Å². The molecule has 0 unspecified atom stereocenters. The standard InChI is InChI=1S/C11H15N7O2S/c1-10-2-4-11(5-3-10)21(19,20)18(8-6-14-16-12)9-7-15-17-13/h2-5H,6-9H2,1H3. The van der Waals surface area contributed by atoms with E-state index in [-0.39, 0.29) is 31.1 Å². The normalized spacial score (nSPS) is 10.8. The topological polar surface area (TPSA) is 135 Å². The van der Waals surface area contributed by atoms with Crippen LogP contribution in [0.5, 0.6) is 0 Å². The maximum atomic E-state index is 12.5. The Morgan fingerprint density at radius 1 is 1.05 bits per heavy atom. The zero-order chi connectivity index (χ0) is 15.7. The molecule has 9 nitrogen and oxygen atoms in total. The van der Waals surface area contributed by atoms with Crippen molar-refractivity contribution in [2.45, 2.75) is 11.8 Å². The maximum absolute atomic E-state index is 12.5. The van der Waals surface area contributed by atoms with E-state index in [1.807, 2.05) is 6.92 Å². The van der Waals surface area contributed by atoms with Crippen molar-refractivity contribution < 1.29 is 8.42 Å². The minimum absolute atomic E-state index is 0.0118. The lowest BCUT2D eigenvalue weighted by Crippen LogP contribution is -2.35. The number of benzene rings is 1. The van der Waals surface area contributed by atoms with Crippen LogP contribution >= 0.6 is 0 Å². The fourth-order valence-electron chi connectivity index (χ4n) is 1.61. The first kappa shape index (κ1) is 16.8. The summed E-state index contributed by atoms with van der Waals surface area (Å²) < 4.78 is 26.1. The van der Waals surface area contributed by atoms with Gasteiger partial charge in [-0.2, -0.15) is 4.31 Å². The summed E-state index contributed by atoms with van der Waals surface area (Å²) in [5.74, 6) is 0. The lowest BCUT2D eigenvalue weighted by molar-refractivity contribution is 0.426. The molecular formula is C11H15N7O2S. The van der Waals surface area contributed by atoms with Gasteiger partial charge < -0.3 is 0 Å². The second-order valence-corrected chi connectivity index (χ2v) is 6.06. The van der Waals surface area contributed by atoms with E-state index in [9.17, 15) is 8.42 Å². The summed E-state index contributed by atoms with van der Waals surface area (Å²) in [6.45, 7) is 1.94. The predicted octanol–water partition coefficient (Wildman–Crippen LogP) is 2.61. The van der Waals surface area contributed by atoms with Crippen LogP contribution in [0, 0.1) is 6.92 Å². The highest BCUT2D eigenvalue weighted by molar-refractivity contribution is 7.89. The van der Waals surface area contributed by atoms with Crippen LogP contribution in [0.3, 0.4) is 0 Å². The largest absolute Gasteiger partial charge is 0.243 e. The lowest BCUT2D eigenvalue weighted by atomic mass is 10.2. The highest BCUT2D eigenvalue weighted by atomic mass is 32.2. The molecule has 0 spiro atoms. The van der Waals surface area contributed by atoms with E-state index in [4.69, 9.17) is 11.1 Å². The number of hydrogen-bond donors (Lipinski definition) is 0. The third kappa shape index (κ3) is 4.97. The molecule has 0 aliphatic carbocycles. The molecule has 0 N–H and O–H groups in total. The van der Waals surface area contributed by atoms with Gasteiger partial charge in [0.05, 0.1) is 4.90 Å². The molecule has 0 amide bonds. The molecule has 0 bridgehead atoms. The molecule has 10 heteroatoms. The summed E-state index contributed by atoms with van der Waals surface area (Å²) in [6.07, 6.45) is 0. The highest BCUT2D eigenvalue weighted by Crippen LogP contribution is 2.16. The van der Waals surface area contributed by atoms with Crippen molar-refractivity contribution in [3.05, 3.63) is 50.7 Å². The molecule has 1 rings (SSSR count). The Hall–Kier alpha value is -2.25. The van der Waals surface area contributed by atoms with Gasteiger partial charge >= 0.3 is 0 Å². The molecule has 0 heterocycles. The Labute approximate surface area is 122 Å². The van der Waals surface area contributed by atoms with E-state index in [2.05, 4.69) is 20.1 Å². The Morgan fingerprint density at radius 2 is 1.52 bits per heavy atom. The van der Waals surface area contributed by atoms with Gasteiger partial charge in [0.2, 0.25) is 10.0 Å². The minimum atomic E-state index is -3.71. The molecule has 112 valence electrons. The van der Waals surface area contributed by atoms with E-state index in [1.54, 1.807) is 12.1 Å². The zero-order valence-corrected chi connectivity index (χ0v) is 12.3. The molecule has 0 atom stereocenters. The summed E-state index contributed by atoms with van der Waals surface area (Å²) in [7, 11) is -3.71. The second kappa shape index (κ2) is 8.13.